The summed E-state index contributed by atoms with van der Waals surface area (Å²) in [5.41, 5.74) is 1.06. The fraction of sp³-hybridized carbons (Fsp3) is 0.478. The van der Waals surface area contributed by atoms with E-state index in [9.17, 15) is 0 Å². The van der Waals surface area contributed by atoms with Gasteiger partial charge in [-0.3, -0.25) is 4.99 Å². The SMILES string of the molecule is CN=C(NCC(C)Oc1ccccc1OC)NC1CCN(c2cccc(C)n2)CC1.I. The average molecular weight is 539 g/mol. The maximum atomic E-state index is 6.01. The molecule has 1 aromatic carbocycles. The number of rotatable bonds is 7. The van der Waals surface area contributed by atoms with E-state index in [1.165, 1.54) is 0 Å². The number of anilines is 1. The van der Waals surface area contributed by atoms with Crippen molar-refractivity contribution < 1.29 is 9.47 Å². The van der Waals surface area contributed by atoms with Gasteiger partial charge in [0.05, 0.1) is 13.7 Å². The minimum Gasteiger partial charge on any atom is -0.493 e. The largest absolute Gasteiger partial charge is 0.493 e. The third-order valence-corrected chi connectivity index (χ3v) is 5.21. The maximum absolute atomic E-state index is 6.01. The molecule has 1 fully saturated rings. The van der Waals surface area contributed by atoms with Crippen LogP contribution in [0, 0.1) is 6.92 Å². The van der Waals surface area contributed by atoms with E-state index in [2.05, 4.69) is 37.6 Å². The number of guanidine groups is 1. The number of aryl methyl sites for hydroxylation is 1. The molecule has 1 atom stereocenters. The molecular formula is C23H34IN5O2. The Hall–Kier alpha value is -2.23. The van der Waals surface area contributed by atoms with Gasteiger partial charge in [0, 0.05) is 31.9 Å². The van der Waals surface area contributed by atoms with Gasteiger partial charge in [-0.25, -0.2) is 4.98 Å². The van der Waals surface area contributed by atoms with E-state index < -0.39 is 0 Å². The molecule has 1 unspecified atom stereocenters. The Morgan fingerprint density at radius 1 is 1.16 bits per heavy atom. The Bertz CT molecular complexity index is 840. The van der Waals surface area contributed by atoms with Crippen LogP contribution in [-0.2, 0) is 0 Å². The predicted octanol–water partition coefficient (Wildman–Crippen LogP) is 3.62. The van der Waals surface area contributed by atoms with Crippen LogP contribution < -0.4 is 25.0 Å². The van der Waals surface area contributed by atoms with E-state index >= 15 is 0 Å². The van der Waals surface area contributed by atoms with E-state index in [0.29, 0.717) is 12.6 Å². The summed E-state index contributed by atoms with van der Waals surface area (Å²) in [5, 5.41) is 6.91. The Labute approximate surface area is 202 Å². The van der Waals surface area contributed by atoms with Gasteiger partial charge in [-0.05, 0) is 51.0 Å². The first-order valence-electron chi connectivity index (χ1n) is 10.5. The Kier molecular flexibility index (Phi) is 10.2. The van der Waals surface area contributed by atoms with Crippen molar-refractivity contribution in [2.75, 3.05) is 38.7 Å². The Morgan fingerprint density at radius 3 is 2.52 bits per heavy atom. The van der Waals surface area contributed by atoms with Crippen LogP contribution in [0.5, 0.6) is 11.5 Å². The molecule has 31 heavy (non-hydrogen) atoms. The summed E-state index contributed by atoms with van der Waals surface area (Å²) >= 11 is 0. The van der Waals surface area contributed by atoms with Gasteiger partial charge >= 0.3 is 0 Å². The van der Waals surface area contributed by atoms with Crippen molar-refractivity contribution in [3.05, 3.63) is 48.2 Å². The molecule has 1 aliphatic rings. The molecule has 170 valence electrons. The normalized spacial score (nSPS) is 15.6. The minimum atomic E-state index is -0.0332. The van der Waals surface area contributed by atoms with Gasteiger partial charge in [0.15, 0.2) is 17.5 Å². The average Bonchev–Trinajstić information content (AvgIpc) is 2.77. The third kappa shape index (κ3) is 7.45. The number of ether oxygens (including phenoxy) is 2. The van der Waals surface area contributed by atoms with Crippen molar-refractivity contribution in [1.29, 1.82) is 0 Å². The van der Waals surface area contributed by atoms with Gasteiger partial charge in [0.2, 0.25) is 0 Å². The summed E-state index contributed by atoms with van der Waals surface area (Å²) in [7, 11) is 3.45. The molecule has 8 heteroatoms. The van der Waals surface area contributed by atoms with Crippen LogP contribution >= 0.6 is 24.0 Å². The summed E-state index contributed by atoms with van der Waals surface area (Å²) in [5.74, 6) is 3.35. The second-order valence-electron chi connectivity index (χ2n) is 7.58. The summed E-state index contributed by atoms with van der Waals surface area (Å²) in [6.45, 7) is 6.67. The highest BCUT2D eigenvalue weighted by Gasteiger charge is 2.21. The number of hydrogen-bond acceptors (Lipinski definition) is 5. The molecule has 0 bridgehead atoms. The number of aliphatic imine (C=N–C) groups is 1. The molecule has 2 N–H and O–H groups in total. The lowest BCUT2D eigenvalue weighted by Gasteiger charge is -2.34. The topological polar surface area (TPSA) is 71.0 Å². The van der Waals surface area contributed by atoms with Crippen LogP contribution in [0.2, 0.25) is 0 Å². The second-order valence-corrected chi connectivity index (χ2v) is 7.58. The van der Waals surface area contributed by atoms with Gasteiger partial charge in [0.1, 0.15) is 11.9 Å². The summed E-state index contributed by atoms with van der Waals surface area (Å²) in [6.07, 6.45) is 2.06. The number of halogens is 1. The van der Waals surface area contributed by atoms with Crippen LogP contribution in [0.1, 0.15) is 25.5 Å². The zero-order valence-corrected chi connectivity index (χ0v) is 21.1. The first-order valence-corrected chi connectivity index (χ1v) is 10.5. The van der Waals surface area contributed by atoms with Crippen LogP contribution in [0.15, 0.2) is 47.5 Å². The number of nitrogens with one attached hydrogen (secondary N) is 2. The first-order chi connectivity index (χ1) is 14.6. The fourth-order valence-electron chi connectivity index (χ4n) is 3.56. The van der Waals surface area contributed by atoms with Gasteiger partial charge < -0.3 is 25.0 Å². The van der Waals surface area contributed by atoms with E-state index in [-0.39, 0.29) is 30.1 Å². The van der Waals surface area contributed by atoms with Crippen LogP contribution in [0.25, 0.3) is 0 Å². The van der Waals surface area contributed by atoms with Crippen molar-refractivity contribution in [1.82, 2.24) is 15.6 Å². The fourth-order valence-corrected chi connectivity index (χ4v) is 3.56. The zero-order valence-electron chi connectivity index (χ0n) is 18.8. The summed E-state index contributed by atoms with van der Waals surface area (Å²) in [6, 6.07) is 14.3. The quantitative estimate of drug-likeness (QED) is 0.318. The molecule has 0 amide bonds. The lowest BCUT2D eigenvalue weighted by atomic mass is 10.1. The molecule has 0 aliphatic carbocycles. The summed E-state index contributed by atoms with van der Waals surface area (Å²) < 4.78 is 11.4. The van der Waals surface area contributed by atoms with E-state index in [0.717, 1.165) is 54.9 Å². The molecule has 2 heterocycles. The highest BCUT2D eigenvalue weighted by atomic mass is 127. The molecule has 1 saturated heterocycles. The number of piperidine rings is 1. The standard InChI is InChI=1S/C23H33N5O2.HI/c1-17-8-7-11-22(26-17)28-14-12-19(13-15-28)27-23(24-3)25-16-18(2)30-21-10-6-5-9-20(21)29-4;/h5-11,18-19H,12-16H2,1-4H3,(H2,24,25,27);1H. The van der Waals surface area contributed by atoms with Crippen molar-refractivity contribution in [3.8, 4) is 11.5 Å². The highest BCUT2D eigenvalue weighted by Crippen LogP contribution is 2.26. The highest BCUT2D eigenvalue weighted by molar-refractivity contribution is 14.0. The Morgan fingerprint density at radius 2 is 1.87 bits per heavy atom. The number of pyridine rings is 1. The molecular weight excluding hydrogens is 505 g/mol. The molecule has 1 aliphatic heterocycles. The van der Waals surface area contributed by atoms with Crippen LogP contribution in [-0.4, -0.2) is 56.9 Å². The third-order valence-electron chi connectivity index (χ3n) is 5.21. The zero-order chi connectivity index (χ0) is 21.3. The number of nitrogens with zero attached hydrogens (tertiary/aromatic N) is 3. The number of benzene rings is 1. The number of hydrogen-bond donors (Lipinski definition) is 2. The smallest absolute Gasteiger partial charge is 0.191 e. The van der Waals surface area contributed by atoms with Crippen molar-refractivity contribution in [2.24, 2.45) is 4.99 Å². The molecule has 7 nitrogen and oxygen atoms in total. The minimum absolute atomic E-state index is 0. The second kappa shape index (κ2) is 12.6. The number of para-hydroxylation sites is 2. The molecule has 0 radical (unpaired) electrons. The maximum Gasteiger partial charge on any atom is 0.191 e. The molecule has 0 saturated carbocycles. The molecule has 3 rings (SSSR count). The molecule has 0 spiro atoms. The van der Waals surface area contributed by atoms with Crippen molar-refractivity contribution in [2.45, 2.75) is 38.8 Å². The molecule has 1 aromatic heterocycles. The van der Waals surface area contributed by atoms with Gasteiger partial charge in [0.25, 0.3) is 0 Å². The van der Waals surface area contributed by atoms with E-state index in [1.54, 1.807) is 14.2 Å². The predicted molar refractivity (Wildman–Crippen MR) is 137 cm³/mol. The van der Waals surface area contributed by atoms with Crippen molar-refractivity contribution in [3.63, 3.8) is 0 Å². The van der Waals surface area contributed by atoms with Crippen molar-refractivity contribution >= 4 is 35.8 Å². The summed E-state index contributed by atoms with van der Waals surface area (Å²) in [4.78, 5) is 11.4. The van der Waals surface area contributed by atoms with Gasteiger partial charge in [-0.1, -0.05) is 18.2 Å². The number of aromatic nitrogens is 1. The lowest BCUT2D eigenvalue weighted by molar-refractivity contribution is 0.213. The van der Waals surface area contributed by atoms with Crippen LogP contribution in [0.4, 0.5) is 5.82 Å². The van der Waals surface area contributed by atoms with E-state index in [1.807, 2.05) is 44.2 Å². The number of methoxy groups -OCH3 is 1. The monoisotopic (exact) mass is 539 g/mol. The van der Waals surface area contributed by atoms with Gasteiger partial charge in [-0.15, -0.1) is 24.0 Å². The van der Waals surface area contributed by atoms with Gasteiger partial charge in [-0.2, -0.15) is 0 Å². The van der Waals surface area contributed by atoms with Crippen LogP contribution in [0.3, 0.4) is 0 Å². The van der Waals surface area contributed by atoms with E-state index in [4.69, 9.17) is 9.47 Å². The lowest BCUT2D eigenvalue weighted by Crippen LogP contribution is -2.50. The Balaban J connectivity index is 0.00000341. The molecule has 2 aromatic rings. The first kappa shape index (κ1) is 25.0.